The topological polar surface area (TPSA) is 67.2 Å². The Morgan fingerprint density at radius 2 is 1.46 bits per heavy atom. The van der Waals surface area contributed by atoms with Gasteiger partial charge in [-0.3, -0.25) is 4.79 Å². The summed E-state index contributed by atoms with van der Waals surface area (Å²) >= 11 is 0. The molecule has 0 aliphatic carbocycles. The molecule has 0 radical (unpaired) electrons. The smallest absolute Gasteiger partial charge is 0.223 e. The summed E-state index contributed by atoms with van der Waals surface area (Å²) in [5.74, 6) is 0.103. The van der Waals surface area contributed by atoms with Crippen LogP contribution in [-0.2, 0) is 4.79 Å². The monoisotopic (exact) mass is 341 g/mol. The minimum Gasteiger partial charge on any atom is -0.351 e. The molecule has 2 atom stereocenters. The van der Waals surface area contributed by atoms with Gasteiger partial charge in [0.1, 0.15) is 0 Å². The molecule has 0 aromatic carbocycles. The summed E-state index contributed by atoms with van der Waals surface area (Å²) in [7, 11) is 1.97. The minimum absolute atomic E-state index is 0.0240. The highest BCUT2D eigenvalue weighted by Crippen LogP contribution is 2.37. The van der Waals surface area contributed by atoms with Crippen LogP contribution in [0.3, 0.4) is 0 Å². The summed E-state index contributed by atoms with van der Waals surface area (Å²) in [4.78, 5) is 12.7. The standard InChI is InChI=1S/C20H43N3O/c1-14(12-17(3,4)15(2)22-11)16(24)23-19(7,8)13-18(5,6)20(9,10)21/h14-15,22H,12-13,21H2,1-11H3,(H,23,24). The molecule has 0 aliphatic rings. The Morgan fingerprint density at radius 1 is 1.00 bits per heavy atom. The highest BCUT2D eigenvalue weighted by Gasteiger charge is 2.39. The molecule has 2 unspecified atom stereocenters. The molecule has 0 heterocycles. The van der Waals surface area contributed by atoms with Gasteiger partial charge in [0.25, 0.3) is 0 Å². The second kappa shape index (κ2) is 7.74. The highest BCUT2D eigenvalue weighted by atomic mass is 16.2. The molecule has 144 valence electrons. The number of hydrogen-bond donors (Lipinski definition) is 3. The van der Waals surface area contributed by atoms with Crippen molar-refractivity contribution in [3.05, 3.63) is 0 Å². The van der Waals surface area contributed by atoms with Crippen molar-refractivity contribution in [2.24, 2.45) is 22.5 Å². The molecular formula is C20H43N3O. The first-order valence-electron chi connectivity index (χ1n) is 9.23. The van der Waals surface area contributed by atoms with Crippen molar-refractivity contribution < 1.29 is 4.79 Å². The quantitative estimate of drug-likeness (QED) is 0.599. The zero-order valence-corrected chi connectivity index (χ0v) is 18.1. The maximum atomic E-state index is 12.7. The fourth-order valence-electron chi connectivity index (χ4n) is 3.28. The van der Waals surface area contributed by atoms with Crippen molar-refractivity contribution in [1.29, 1.82) is 0 Å². The van der Waals surface area contributed by atoms with Crippen molar-refractivity contribution in [2.45, 2.75) is 99.2 Å². The SMILES string of the molecule is CNC(C)C(C)(C)CC(C)C(=O)NC(C)(C)CC(C)(C)C(C)(C)N. The van der Waals surface area contributed by atoms with Gasteiger partial charge in [-0.2, -0.15) is 0 Å². The predicted octanol–water partition coefficient (Wildman–Crippen LogP) is 3.70. The number of nitrogens with two attached hydrogens (primary N) is 1. The van der Waals surface area contributed by atoms with Gasteiger partial charge in [0.2, 0.25) is 5.91 Å². The van der Waals surface area contributed by atoms with Gasteiger partial charge in [-0.05, 0) is 65.3 Å². The molecule has 0 aromatic heterocycles. The fraction of sp³-hybridized carbons (Fsp3) is 0.950. The van der Waals surface area contributed by atoms with Crippen LogP contribution >= 0.6 is 0 Å². The molecule has 1 amide bonds. The number of carbonyl (C=O) groups excluding carboxylic acids is 1. The van der Waals surface area contributed by atoms with Gasteiger partial charge in [0.15, 0.2) is 0 Å². The number of hydrogen-bond acceptors (Lipinski definition) is 3. The Bertz CT molecular complexity index is 419. The Morgan fingerprint density at radius 3 is 1.83 bits per heavy atom. The first-order valence-corrected chi connectivity index (χ1v) is 9.23. The largest absolute Gasteiger partial charge is 0.351 e. The van der Waals surface area contributed by atoms with Crippen molar-refractivity contribution in [2.75, 3.05) is 7.05 Å². The van der Waals surface area contributed by atoms with Gasteiger partial charge in [0.05, 0.1) is 0 Å². The Balaban J connectivity index is 4.91. The lowest BCUT2D eigenvalue weighted by Gasteiger charge is -2.44. The molecule has 0 aliphatic heterocycles. The van der Waals surface area contributed by atoms with E-state index in [4.69, 9.17) is 5.73 Å². The summed E-state index contributed by atoms with van der Waals surface area (Å²) in [6.07, 6.45) is 1.68. The third-order valence-corrected chi connectivity index (χ3v) is 5.97. The summed E-state index contributed by atoms with van der Waals surface area (Å²) < 4.78 is 0. The zero-order valence-electron chi connectivity index (χ0n) is 18.1. The number of rotatable bonds is 9. The second-order valence-corrected chi connectivity index (χ2v) is 10.3. The normalized spacial score (nSPS) is 16.7. The fourth-order valence-corrected chi connectivity index (χ4v) is 3.28. The van der Waals surface area contributed by atoms with Crippen LogP contribution in [0.2, 0.25) is 0 Å². The van der Waals surface area contributed by atoms with Crippen LogP contribution in [0.4, 0.5) is 0 Å². The lowest BCUT2D eigenvalue weighted by molar-refractivity contribution is -0.127. The van der Waals surface area contributed by atoms with Crippen molar-refractivity contribution in [3.8, 4) is 0 Å². The molecule has 0 rings (SSSR count). The Hall–Kier alpha value is -0.610. The van der Waals surface area contributed by atoms with Gasteiger partial charge in [-0.25, -0.2) is 0 Å². The molecule has 4 heteroatoms. The molecular weight excluding hydrogens is 298 g/mol. The molecule has 0 saturated carbocycles. The molecule has 0 bridgehead atoms. The summed E-state index contributed by atoms with van der Waals surface area (Å²) in [6.45, 7) is 21.2. The Kier molecular flexibility index (Phi) is 7.54. The van der Waals surface area contributed by atoms with Crippen molar-refractivity contribution in [3.63, 3.8) is 0 Å². The van der Waals surface area contributed by atoms with E-state index in [1.54, 1.807) is 0 Å². The van der Waals surface area contributed by atoms with Crippen LogP contribution in [0.25, 0.3) is 0 Å². The first kappa shape index (κ1) is 23.4. The molecule has 0 spiro atoms. The minimum atomic E-state index is -0.301. The van der Waals surface area contributed by atoms with E-state index in [1.807, 2.05) is 14.0 Å². The predicted molar refractivity (Wildman–Crippen MR) is 105 cm³/mol. The van der Waals surface area contributed by atoms with E-state index >= 15 is 0 Å². The third kappa shape index (κ3) is 6.72. The average molecular weight is 342 g/mol. The van der Waals surface area contributed by atoms with Gasteiger partial charge in [-0.1, -0.05) is 34.6 Å². The molecule has 0 aromatic rings. The van der Waals surface area contributed by atoms with Crippen LogP contribution in [0.1, 0.15) is 82.1 Å². The molecule has 0 saturated heterocycles. The zero-order chi connectivity index (χ0) is 19.6. The van der Waals surface area contributed by atoms with Gasteiger partial charge in [-0.15, -0.1) is 0 Å². The lowest BCUT2D eigenvalue weighted by Crippen LogP contribution is -2.55. The van der Waals surface area contributed by atoms with Crippen LogP contribution in [-0.4, -0.2) is 30.1 Å². The molecule has 24 heavy (non-hydrogen) atoms. The van der Waals surface area contributed by atoms with E-state index in [2.05, 4.69) is 72.9 Å². The van der Waals surface area contributed by atoms with E-state index in [9.17, 15) is 4.79 Å². The van der Waals surface area contributed by atoms with Crippen LogP contribution in [0.15, 0.2) is 0 Å². The Labute approximate surface area is 150 Å². The van der Waals surface area contributed by atoms with Crippen LogP contribution < -0.4 is 16.4 Å². The van der Waals surface area contributed by atoms with Gasteiger partial charge in [0, 0.05) is 23.0 Å². The summed E-state index contributed by atoms with van der Waals surface area (Å²) in [5, 5.41) is 6.55. The van der Waals surface area contributed by atoms with E-state index in [1.165, 1.54) is 0 Å². The van der Waals surface area contributed by atoms with Crippen molar-refractivity contribution in [1.82, 2.24) is 10.6 Å². The van der Waals surface area contributed by atoms with Crippen molar-refractivity contribution >= 4 is 5.91 Å². The summed E-state index contributed by atoms with van der Waals surface area (Å²) in [5.41, 5.74) is 5.72. The van der Waals surface area contributed by atoms with Crippen LogP contribution in [0.5, 0.6) is 0 Å². The van der Waals surface area contributed by atoms with Gasteiger partial charge < -0.3 is 16.4 Å². The number of amides is 1. The molecule has 4 N–H and O–H groups in total. The number of carbonyl (C=O) groups is 1. The third-order valence-electron chi connectivity index (χ3n) is 5.97. The lowest BCUT2D eigenvalue weighted by atomic mass is 9.68. The second-order valence-electron chi connectivity index (χ2n) is 10.3. The van der Waals surface area contributed by atoms with Crippen LogP contribution in [0, 0.1) is 16.7 Å². The van der Waals surface area contributed by atoms with E-state index < -0.39 is 0 Å². The number of nitrogens with one attached hydrogen (secondary N) is 2. The average Bonchev–Trinajstić information content (AvgIpc) is 2.33. The maximum Gasteiger partial charge on any atom is 0.223 e. The van der Waals surface area contributed by atoms with Gasteiger partial charge >= 0.3 is 0 Å². The van der Waals surface area contributed by atoms with E-state index in [0.717, 1.165) is 12.8 Å². The summed E-state index contributed by atoms with van der Waals surface area (Å²) in [6, 6.07) is 0.359. The van der Waals surface area contributed by atoms with E-state index in [0.29, 0.717) is 6.04 Å². The highest BCUT2D eigenvalue weighted by molar-refractivity contribution is 5.79. The van der Waals surface area contributed by atoms with E-state index in [-0.39, 0.29) is 33.7 Å². The molecule has 4 nitrogen and oxygen atoms in total. The molecule has 0 fully saturated rings. The maximum absolute atomic E-state index is 12.7. The first-order chi connectivity index (χ1) is 10.5.